The number of carbonyl (C=O) groups excluding carboxylic acids is 1. The molecule has 0 saturated carbocycles. The van der Waals surface area contributed by atoms with Crippen LogP contribution in [0.3, 0.4) is 0 Å². The second-order valence-corrected chi connectivity index (χ2v) is 3.03. The van der Waals surface area contributed by atoms with Crippen LogP contribution in [0, 0.1) is 34.4 Å². The largest absolute Gasteiger partial charge is 0.291 e. The second kappa shape index (κ2) is 4.54. The summed E-state index contributed by atoms with van der Waals surface area (Å²) in [4.78, 5) is 11.5. The molecule has 0 heterocycles. The summed E-state index contributed by atoms with van der Waals surface area (Å²) in [5.41, 5.74) is -0.148. The van der Waals surface area contributed by atoms with E-state index < -0.39 is 17.5 Å². The van der Waals surface area contributed by atoms with Crippen LogP contribution in [0.4, 0.5) is 4.39 Å². The third-order valence-electron chi connectivity index (χ3n) is 1.74. The van der Waals surface area contributed by atoms with E-state index in [2.05, 4.69) is 0 Å². The summed E-state index contributed by atoms with van der Waals surface area (Å²) < 4.78 is 13.0. The van der Waals surface area contributed by atoms with Crippen molar-refractivity contribution in [2.45, 2.75) is 0 Å². The zero-order chi connectivity index (χ0) is 11.4. The summed E-state index contributed by atoms with van der Waals surface area (Å²) in [7, 11) is 0. The first kappa shape index (κ1) is 11.2. The summed E-state index contributed by atoms with van der Waals surface area (Å²) >= 11 is 5.53. The van der Waals surface area contributed by atoms with Gasteiger partial charge in [0, 0.05) is 5.56 Å². The molecule has 0 unspecified atom stereocenters. The van der Waals surface area contributed by atoms with E-state index in [9.17, 15) is 9.18 Å². The lowest BCUT2D eigenvalue weighted by molar-refractivity contribution is 0.0970. The Bertz CT molecular complexity index is 473. The van der Waals surface area contributed by atoms with Gasteiger partial charge in [-0.25, -0.2) is 4.39 Å². The monoisotopic (exact) mass is 222 g/mol. The number of Topliss-reactive ketones (excluding diaryl/α,β-unsaturated/α-hetero) is 1. The van der Waals surface area contributed by atoms with E-state index in [0.29, 0.717) is 0 Å². The normalized spacial score (nSPS) is 9.40. The van der Waals surface area contributed by atoms with Crippen LogP contribution >= 0.6 is 11.6 Å². The maximum Gasteiger partial charge on any atom is 0.195 e. The molecule has 0 aliphatic carbocycles. The first-order chi connectivity index (χ1) is 7.11. The van der Waals surface area contributed by atoms with Crippen molar-refractivity contribution >= 4 is 17.4 Å². The molecule has 74 valence electrons. The molecule has 0 atom stereocenters. The summed E-state index contributed by atoms with van der Waals surface area (Å²) in [6, 6.07) is 6.67. The Labute approximate surface area is 90.3 Å². The lowest BCUT2D eigenvalue weighted by atomic mass is 10.0. The van der Waals surface area contributed by atoms with Gasteiger partial charge in [0.2, 0.25) is 0 Å². The Hall–Kier alpha value is -1.91. The lowest BCUT2D eigenvalue weighted by Gasteiger charge is -2.03. The van der Waals surface area contributed by atoms with Crippen LogP contribution in [-0.4, -0.2) is 5.78 Å². The molecule has 0 aromatic heterocycles. The Morgan fingerprint density at radius 2 is 2.00 bits per heavy atom. The highest BCUT2D eigenvalue weighted by Crippen LogP contribution is 2.22. The van der Waals surface area contributed by atoms with Crippen molar-refractivity contribution in [2.75, 3.05) is 0 Å². The molecular weight excluding hydrogens is 219 g/mol. The predicted octanol–water partition coefficient (Wildman–Crippen LogP) is 2.33. The third-order valence-corrected chi connectivity index (χ3v) is 2.12. The topological polar surface area (TPSA) is 64.7 Å². The zero-order valence-electron chi connectivity index (χ0n) is 7.37. The number of hydrogen-bond donors (Lipinski definition) is 0. The molecule has 0 amide bonds. The van der Waals surface area contributed by atoms with Gasteiger partial charge in [-0.1, -0.05) is 17.7 Å². The van der Waals surface area contributed by atoms with Gasteiger partial charge >= 0.3 is 0 Å². The van der Waals surface area contributed by atoms with Crippen LogP contribution in [0.2, 0.25) is 5.02 Å². The maximum atomic E-state index is 13.0. The first-order valence-corrected chi connectivity index (χ1v) is 4.27. The fraction of sp³-hybridized carbons (Fsp3) is 0.100. The predicted molar refractivity (Wildman–Crippen MR) is 50.5 cm³/mol. The van der Waals surface area contributed by atoms with Gasteiger partial charge in [-0.15, -0.1) is 0 Å². The molecule has 1 aromatic carbocycles. The van der Waals surface area contributed by atoms with Crippen molar-refractivity contribution in [1.29, 1.82) is 10.5 Å². The molecule has 3 nitrogen and oxygen atoms in total. The van der Waals surface area contributed by atoms with Crippen LogP contribution < -0.4 is 0 Å². The van der Waals surface area contributed by atoms with Crippen LogP contribution in [0.25, 0.3) is 0 Å². The van der Waals surface area contributed by atoms with E-state index in [4.69, 9.17) is 22.1 Å². The quantitative estimate of drug-likeness (QED) is 0.722. The van der Waals surface area contributed by atoms with Crippen molar-refractivity contribution in [2.24, 2.45) is 5.92 Å². The fourth-order valence-corrected chi connectivity index (χ4v) is 1.21. The molecule has 0 fully saturated rings. The zero-order valence-corrected chi connectivity index (χ0v) is 8.12. The average Bonchev–Trinajstić information content (AvgIpc) is 2.23. The SMILES string of the molecule is N#CC(C#N)C(=O)c1cccc(F)c1Cl. The summed E-state index contributed by atoms with van der Waals surface area (Å²) in [6.45, 7) is 0. The Balaban J connectivity index is 3.20. The molecule has 5 heteroatoms. The highest BCUT2D eigenvalue weighted by atomic mass is 35.5. The number of ketones is 1. The van der Waals surface area contributed by atoms with Crippen molar-refractivity contribution < 1.29 is 9.18 Å². The molecule has 15 heavy (non-hydrogen) atoms. The van der Waals surface area contributed by atoms with Crippen LogP contribution in [0.5, 0.6) is 0 Å². The summed E-state index contributed by atoms with van der Waals surface area (Å²) in [5, 5.41) is 16.6. The van der Waals surface area contributed by atoms with Gasteiger partial charge in [0.25, 0.3) is 0 Å². The summed E-state index contributed by atoms with van der Waals surface area (Å²) in [6.07, 6.45) is 0. The molecule has 0 aliphatic heterocycles. The minimum atomic E-state index is -1.45. The van der Waals surface area contributed by atoms with E-state index in [1.165, 1.54) is 24.3 Å². The lowest BCUT2D eigenvalue weighted by Crippen LogP contribution is -2.11. The molecule has 0 spiro atoms. The van der Waals surface area contributed by atoms with E-state index in [0.717, 1.165) is 6.07 Å². The second-order valence-electron chi connectivity index (χ2n) is 2.66. The smallest absolute Gasteiger partial charge is 0.195 e. The Morgan fingerprint density at radius 3 is 2.53 bits per heavy atom. The van der Waals surface area contributed by atoms with Gasteiger partial charge in [-0.2, -0.15) is 10.5 Å². The van der Waals surface area contributed by atoms with E-state index in [-0.39, 0.29) is 10.6 Å². The number of nitrogens with zero attached hydrogens (tertiary/aromatic N) is 2. The standard InChI is InChI=1S/C10H4ClFN2O/c11-9-7(2-1-3-8(9)12)10(15)6(4-13)5-14/h1-3,6H. The number of halogens is 2. The minimum absolute atomic E-state index is 0.148. The highest BCUT2D eigenvalue weighted by Gasteiger charge is 2.22. The maximum absolute atomic E-state index is 13.0. The molecule has 0 radical (unpaired) electrons. The Morgan fingerprint density at radius 1 is 1.40 bits per heavy atom. The molecule has 0 bridgehead atoms. The van der Waals surface area contributed by atoms with Crippen molar-refractivity contribution in [3.8, 4) is 12.1 Å². The van der Waals surface area contributed by atoms with Crippen LogP contribution in [-0.2, 0) is 0 Å². The molecule has 0 saturated heterocycles. The van der Waals surface area contributed by atoms with E-state index >= 15 is 0 Å². The van der Waals surface area contributed by atoms with Gasteiger partial charge in [0.05, 0.1) is 17.2 Å². The number of benzene rings is 1. The first-order valence-electron chi connectivity index (χ1n) is 3.89. The molecular formula is C10H4ClFN2O. The summed E-state index contributed by atoms with van der Waals surface area (Å²) in [5.74, 6) is -2.99. The number of nitriles is 2. The van der Waals surface area contributed by atoms with Crippen molar-refractivity contribution in [3.63, 3.8) is 0 Å². The molecule has 1 rings (SSSR count). The average molecular weight is 223 g/mol. The van der Waals surface area contributed by atoms with Gasteiger partial charge in [-0.3, -0.25) is 4.79 Å². The van der Waals surface area contributed by atoms with E-state index in [1.807, 2.05) is 0 Å². The van der Waals surface area contributed by atoms with Crippen LogP contribution in [0.15, 0.2) is 18.2 Å². The fourth-order valence-electron chi connectivity index (χ4n) is 0.996. The van der Waals surface area contributed by atoms with Gasteiger partial charge in [0.15, 0.2) is 11.7 Å². The van der Waals surface area contributed by atoms with Gasteiger partial charge in [0.1, 0.15) is 5.82 Å². The molecule has 1 aromatic rings. The Kier molecular flexibility index (Phi) is 3.38. The van der Waals surface area contributed by atoms with Crippen molar-refractivity contribution in [3.05, 3.63) is 34.6 Å². The highest BCUT2D eigenvalue weighted by molar-refractivity contribution is 6.34. The van der Waals surface area contributed by atoms with Gasteiger partial charge in [-0.05, 0) is 12.1 Å². The van der Waals surface area contributed by atoms with Crippen LogP contribution in [0.1, 0.15) is 10.4 Å². The van der Waals surface area contributed by atoms with E-state index in [1.54, 1.807) is 0 Å². The number of rotatable bonds is 2. The number of hydrogen-bond acceptors (Lipinski definition) is 3. The number of carbonyl (C=O) groups is 1. The minimum Gasteiger partial charge on any atom is -0.291 e. The van der Waals surface area contributed by atoms with Crippen molar-refractivity contribution in [1.82, 2.24) is 0 Å². The molecule has 0 N–H and O–H groups in total. The third kappa shape index (κ3) is 2.12. The molecule has 0 aliphatic rings. The van der Waals surface area contributed by atoms with Gasteiger partial charge < -0.3 is 0 Å².